The molecule has 4 aromatic rings. The lowest BCUT2D eigenvalue weighted by molar-refractivity contribution is -0.0391. The van der Waals surface area contributed by atoms with Gasteiger partial charge in [-0.25, -0.2) is 15.0 Å². The topological polar surface area (TPSA) is 97.9 Å². The lowest BCUT2D eigenvalue weighted by Crippen LogP contribution is -2.50. The van der Waals surface area contributed by atoms with E-state index in [1.807, 2.05) is 6.20 Å². The summed E-state index contributed by atoms with van der Waals surface area (Å²) in [5.41, 5.74) is 10.7. The fourth-order valence-corrected chi connectivity index (χ4v) is 7.12. The standard InChI is InChI=1S/C31H42BrN7O/c1-18(2)38(15-22-8-11-27(40-22)39-16-23(32)28-29(33)34-17-35-30(28)39)21-12-19(13-21)6-10-26-36-24-9-7-20(31(3,4)5)14-25(24)37-26/h7,9,14,16-19,21-22,27H,6,8,10-13,15H2,1-5H3,(H,36,37)(H2,33,34,35). The number of H-pyrrole nitrogens is 1. The predicted molar refractivity (Wildman–Crippen MR) is 164 cm³/mol. The van der Waals surface area contributed by atoms with Gasteiger partial charge in [-0.2, -0.15) is 0 Å². The largest absolute Gasteiger partial charge is 0.383 e. The van der Waals surface area contributed by atoms with Crippen molar-refractivity contribution in [1.29, 1.82) is 0 Å². The first-order valence-electron chi connectivity index (χ1n) is 14.7. The molecule has 2 aliphatic rings. The molecule has 214 valence electrons. The molecule has 0 radical (unpaired) electrons. The Hall–Kier alpha value is -2.49. The van der Waals surface area contributed by atoms with E-state index in [1.54, 1.807) is 0 Å². The molecule has 9 heteroatoms. The number of nitrogens with zero attached hydrogens (tertiary/aromatic N) is 5. The Morgan fingerprint density at radius 2 is 2.00 bits per heavy atom. The number of imidazole rings is 1. The van der Waals surface area contributed by atoms with E-state index in [4.69, 9.17) is 15.5 Å². The molecule has 2 fully saturated rings. The van der Waals surface area contributed by atoms with Gasteiger partial charge < -0.3 is 20.0 Å². The maximum atomic E-state index is 6.59. The van der Waals surface area contributed by atoms with Gasteiger partial charge in [0.05, 0.1) is 22.5 Å². The molecule has 6 rings (SSSR count). The number of fused-ring (bicyclic) bond motifs is 2. The Bertz CT molecular complexity index is 1500. The summed E-state index contributed by atoms with van der Waals surface area (Å²) in [7, 11) is 0. The van der Waals surface area contributed by atoms with Crippen LogP contribution in [0.25, 0.3) is 22.1 Å². The van der Waals surface area contributed by atoms with Crippen LogP contribution in [0.5, 0.6) is 0 Å². The number of nitrogens with two attached hydrogens (primary N) is 1. The Labute approximate surface area is 245 Å². The van der Waals surface area contributed by atoms with Crippen LogP contribution in [0.1, 0.15) is 84.3 Å². The van der Waals surface area contributed by atoms with Crippen molar-refractivity contribution < 1.29 is 4.74 Å². The number of ether oxygens (including phenoxy) is 1. The molecule has 40 heavy (non-hydrogen) atoms. The molecule has 1 aliphatic heterocycles. The van der Waals surface area contributed by atoms with Crippen molar-refractivity contribution in [2.24, 2.45) is 5.92 Å². The molecule has 4 heterocycles. The highest BCUT2D eigenvalue weighted by Gasteiger charge is 2.37. The molecular weight excluding hydrogens is 566 g/mol. The average Bonchev–Trinajstić information content (AvgIpc) is 3.58. The first-order valence-corrected chi connectivity index (χ1v) is 15.5. The third-order valence-electron chi connectivity index (χ3n) is 8.93. The van der Waals surface area contributed by atoms with Crippen LogP contribution in [0.3, 0.4) is 0 Å². The summed E-state index contributed by atoms with van der Waals surface area (Å²) in [5.74, 6) is 2.37. The summed E-state index contributed by atoms with van der Waals surface area (Å²) in [5, 5.41) is 0.858. The van der Waals surface area contributed by atoms with E-state index in [0.717, 1.165) is 64.1 Å². The Balaban J connectivity index is 1.02. The minimum absolute atomic E-state index is 0.0282. The molecule has 8 nitrogen and oxygen atoms in total. The second-order valence-electron chi connectivity index (χ2n) is 13.1. The number of nitrogen functional groups attached to an aromatic ring is 1. The summed E-state index contributed by atoms with van der Waals surface area (Å²) in [6, 6.07) is 7.76. The zero-order chi connectivity index (χ0) is 28.2. The van der Waals surface area contributed by atoms with Crippen molar-refractivity contribution in [3.8, 4) is 0 Å². The van der Waals surface area contributed by atoms with Gasteiger partial charge in [0, 0.05) is 35.7 Å². The van der Waals surface area contributed by atoms with Crippen LogP contribution in [0.2, 0.25) is 0 Å². The first-order chi connectivity index (χ1) is 19.1. The molecule has 1 saturated carbocycles. The number of halogens is 1. The van der Waals surface area contributed by atoms with Gasteiger partial charge >= 0.3 is 0 Å². The van der Waals surface area contributed by atoms with E-state index in [0.29, 0.717) is 17.9 Å². The molecule has 3 aromatic heterocycles. The van der Waals surface area contributed by atoms with Crippen LogP contribution in [0, 0.1) is 5.92 Å². The molecule has 1 saturated heterocycles. The van der Waals surface area contributed by atoms with Gasteiger partial charge in [0.15, 0.2) is 0 Å². The number of benzene rings is 1. The molecule has 0 spiro atoms. The monoisotopic (exact) mass is 607 g/mol. The highest BCUT2D eigenvalue weighted by molar-refractivity contribution is 9.10. The van der Waals surface area contributed by atoms with Crippen molar-refractivity contribution >= 4 is 43.8 Å². The summed E-state index contributed by atoms with van der Waals surface area (Å²) in [6.07, 6.45) is 10.5. The Morgan fingerprint density at radius 3 is 2.75 bits per heavy atom. The summed E-state index contributed by atoms with van der Waals surface area (Å²) >= 11 is 3.63. The van der Waals surface area contributed by atoms with Gasteiger partial charge in [-0.3, -0.25) is 4.90 Å². The molecule has 2 unspecified atom stereocenters. The Morgan fingerprint density at radius 1 is 1.20 bits per heavy atom. The molecule has 3 N–H and O–H groups in total. The smallest absolute Gasteiger partial charge is 0.148 e. The number of hydrogen-bond acceptors (Lipinski definition) is 6. The molecule has 0 bridgehead atoms. The summed E-state index contributed by atoms with van der Waals surface area (Å²) in [4.78, 5) is 19.8. The quantitative estimate of drug-likeness (QED) is 0.230. The van der Waals surface area contributed by atoms with E-state index in [2.05, 4.69) is 93.2 Å². The number of hydrogen-bond donors (Lipinski definition) is 2. The third-order valence-corrected chi connectivity index (χ3v) is 9.53. The van der Waals surface area contributed by atoms with Crippen molar-refractivity contribution in [2.45, 2.75) is 103 Å². The SMILES string of the molecule is CC(C)N(CC1CCC(n2cc(Br)c3c(N)ncnc32)O1)C1CC(CCc2nc3ccc(C(C)(C)C)cc3[nH]2)C1. The lowest BCUT2D eigenvalue weighted by atomic mass is 9.76. The van der Waals surface area contributed by atoms with Crippen molar-refractivity contribution in [1.82, 2.24) is 29.4 Å². The van der Waals surface area contributed by atoms with E-state index < -0.39 is 0 Å². The molecular formula is C31H42BrN7O. The number of aromatic nitrogens is 5. The second kappa shape index (κ2) is 10.7. The fourth-order valence-electron chi connectivity index (χ4n) is 6.52. The summed E-state index contributed by atoms with van der Waals surface area (Å²) in [6.45, 7) is 12.4. The zero-order valence-corrected chi connectivity index (χ0v) is 25.9. The molecule has 0 amide bonds. The van der Waals surface area contributed by atoms with Crippen LogP contribution in [-0.4, -0.2) is 54.1 Å². The van der Waals surface area contributed by atoms with Crippen LogP contribution in [0.4, 0.5) is 5.82 Å². The number of anilines is 1. The fraction of sp³-hybridized carbons (Fsp3) is 0.581. The van der Waals surface area contributed by atoms with E-state index >= 15 is 0 Å². The maximum absolute atomic E-state index is 6.59. The number of aromatic amines is 1. The lowest BCUT2D eigenvalue weighted by Gasteiger charge is -2.46. The van der Waals surface area contributed by atoms with Gasteiger partial charge in [-0.05, 0) is 90.9 Å². The maximum Gasteiger partial charge on any atom is 0.148 e. The van der Waals surface area contributed by atoms with E-state index in [1.165, 1.54) is 31.2 Å². The average molecular weight is 609 g/mol. The van der Waals surface area contributed by atoms with Crippen LogP contribution < -0.4 is 5.73 Å². The van der Waals surface area contributed by atoms with Gasteiger partial charge in [-0.1, -0.05) is 26.8 Å². The van der Waals surface area contributed by atoms with Crippen molar-refractivity contribution in [3.63, 3.8) is 0 Å². The highest BCUT2D eigenvalue weighted by Crippen LogP contribution is 2.39. The Kier molecular flexibility index (Phi) is 7.42. The zero-order valence-electron chi connectivity index (χ0n) is 24.3. The van der Waals surface area contributed by atoms with Gasteiger partial charge in [0.25, 0.3) is 0 Å². The van der Waals surface area contributed by atoms with Gasteiger partial charge in [-0.15, -0.1) is 0 Å². The van der Waals surface area contributed by atoms with E-state index in [9.17, 15) is 0 Å². The minimum Gasteiger partial charge on any atom is -0.383 e. The summed E-state index contributed by atoms with van der Waals surface area (Å²) < 4.78 is 9.61. The van der Waals surface area contributed by atoms with E-state index in [-0.39, 0.29) is 17.7 Å². The highest BCUT2D eigenvalue weighted by atomic mass is 79.9. The molecule has 1 aliphatic carbocycles. The van der Waals surface area contributed by atoms with Crippen molar-refractivity contribution in [3.05, 3.63) is 46.6 Å². The van der Waals surface area contributed by atoms with Gasteiger partial charge in [0.2, 0.25) is 0 Å². The van der Waals surface area contributed by atoms with Crippen LogP contribution >= 0.6 is 15.9 Å². The normalized spacial score (nSPS) is 23.6. The minimum atomic E-state index is -0.0282. The number of aryl methyl sites for hydroxylation is 1. The van der Waals surface area contributed by atoms with Gasteiger partial charge in [0.1, 0.15) is 29.8 Å². The third kappa shape index (κ3) is 5.40. The van der Waals surface area contributed by atoms with Crippen LogP contribution in [-0.2, 0) is 16.6 Å². The molecule has 1 aromatic carbocycles. The molecule has 2 atom stereocenters. The van der Waals surface area contributed by atoms with Crippen molar-refractivity contribution in [2.75, 3.05) is 12.3 Å². The first kappa shape index (κ1) is 27.7. The second-order valence-corrected chi connectivity index (χ2v) is 14.0. The van der Waals surface area contributed by atoms with Crippen LogP contribution in [0.15, 0.2) is 35.2 Å². The number of nitrogens with one attached hydrogen (secondary N) is 1. The number of rotatable bonds is 8. The predicted octanol–water partition coefficient (Wildman–Crippen LogP) is 6.75.